The molecule has 1 N–H and O–H groups in total. The molecule has 0 spiro atoms. The van der Waals surface area contributed by atoms with Crippen molar-refractivity contribution in [3.05, 3.63) is 0 Å². The van der Waals surface area contributed by atoms with Crippen LogP contribution in [-0.2, 0) is 4.74 Å². The zero-order chi connectivity index (χ0) is 10.4. The summed E-state index contributed by atoms with van der Waals surface area (Å²) in [4.78, 5) is 2.34. The lowest BCUT2D eigenvalue weighted by Gasteiger charge is -2.23. The molecule has 1 unspecified atom stereocenters. The van der Waals surface area contributed by atoms with Crippen molar-refractivity contribution in [1.82, 2.24) is 10.2 Å². The Morgan fingerprint density at radius 2 is 2.21 bits per heavy atom. The lowest BCUT2D eigenvalue weighted by Crippen LogP contribution is -2.38. The Labute approximate surface area is 87.8 Å². The SMILES string of the molecule is COCC(C)N(C)CCNCC1CC1. The zero-order valence-electron chi connectivity index (χ0n) is 9.75. The molecule has 1 rings (SSSR count). The lowest BCUT2D eigenvalue weighted by atomic mass is 10.3. The first-order valence-corrected chi connectivity index (χ1v) is 5.64. The fourth-order valence-corrected chi connectivity index (χ4v) is 1.47. The molecule has 1 aliphatic carbocycles. The van der Waals surface area contributed by atoms with Crippen LogP contribution in [0, 0.1) is 5.92 Å². The summed E-state index contributed by atoms with van der Waals surface area (Å²) in [7, 11) is 3.91. The van der Waals surface area contributed by atoms with E-state index < -0.39 is 0 Å². The van der Waals surface area contributed by atoms with E-state index in [1.54, 1.807) is 7.11 Å². The molecule has 0 aromatic carbocycles. The van der Waals surface area contributed by atoms with E-state index in [1.165, 1.54) is 19.4 Å². The summed E-state index contributed by atoms with van der Waals surface area (Å²) in [5.74, 6) is 0.983. The van der Waals surface area contributed by atoms with Crippen molar-refractivity contribution < 1.29 is 4.74 Å². The van der Waals surface area contributed by atoms with Gasteiger partial charge < -0.3 is 15.0 Å². The lowest BCUT2D eigenvalue weighted by molar-refractivity contribution is 0.116. The molecule has 0 aliphatic heterocycles. The maximum absolute atomic E-state index is 5.12. The highest BCUT2D eigenvalue weighted by molar-refractivity contribution is 4.75. The molecule has 1 atom stereocenters. The first kappa shape index (κ1) is 12.0. The van der Waals surface area contributed by atoms with Crippen LogP contribution in [0.25, 0.3) is 0 Å². The minimum absolute atomic E-state index is 0.516. The predicted octanol–water partition coefficient (Wildman–Crippen LogP) is 0.953. The number of hydrogen-bond acceptors (Lipinski definition) is 3. The smallest absolute Gasteiger partial charge is 0.0615 e. The van der Waals surface area contributed by atoms with Gasteiger partial charge in [-0.3, -0.25) is 0 Å². The molecule has 1 fully saturated rings. The van der Waals surface area contributed by atoms with Crippen LogP contribution >= 0.6 is 0 Å². The van der Waals surface area contributed by atoms with Gasteiger partial charge in [0.2, 0.25) is 0 Å². The van der Waals surface area contributed by atoms with E-state index in [0.717, 1.165) is 25.6 Å². The summed E-state index contributed by atoms with van der Waals surface area (Å²) >= 11 is 0. The molecule has 1 aliphatic rings. The quantitative estimate of drug-likeness (QED) is 0.591. The summed E-state index contributed by atoms with van der Waals surface area (Å²) in [5, 5.41) is 3.49. The van der Waals surface area contributed by atoms with Gasteiger partial charge in [-0.2, -0.15) is 0 Å². The second-order valence-electron chi connectivity index (χ2n) is 4.43. The molecule has 0 saturated heterocycles. The summed E-state index contributed by atoms with van der Waals surface area (Å²) in [5.41, 5.74) is 0. The number of hydrogen-bond donors (Lipinski definition) is 1. The van der Waals surface area contributed by atoms with Gasteiger partial charge in [-0.15, -0.1) is 0 Å². The number of likely N-dealkylation sites (N-methyl/N-ethyl adjacent to an activating group) is 1. The van der Waals surface area contributed by atoms with E-state index in [-0.39, 0.29) is 0 Å². The van der Waals surface area contributed by atoms with Crippen LogP contribution in [0.4, 0.5) is 0 Å². The van der Waals surface area contributed by atoms with Crippen molar-refractivity contribution in [1.29, 1.82) is 0 Å². The van der Waals surface area contributed by atoms with Crippen molar-refractivity contribution >= 4 is 0 Å². The van der Waals surface area contributed by atoms with Gasteiger partial charge in [0.05, 0.1) is 6.61 Å². The van der Waals surface area contributed by atoms with Gasteiger partial charge in [-0.1, -0.05) is 0 Å². The Morgan fingerprint density at radius 1 is 1.50 bits per heavy atom. The van der Waals surface area contributed by atoms with Crippen LogP contribution in [-0.4, -0.2) is 51.3 Å². The molecule has 0 radical (unpaired) electrons. The number of ether oxygens (including phenoxy) is 1. The predicted molar refractivity (Wildman–Crippen MR) is 59.6 cm³/mol. The first-order valence-electron chi connectivity index (χ1n) is 5.64. The van der Waals surface area contributed by atoms with Crippen LogP contribution in [0.15, 0.2) is 0 Å². The molecule has 84 valence electrons. The monoisotopic (exact) mass is 200 g/mol. The van der Waals surface area contributed by atoms with Crippen molar-refractivity contribution in [2.24, 2.45) is 5.92 Å². The fraction of sp³-hybridized carbons (Fsp3) is 1.00. The van der Waals surface area contributed by atoms with E-state index >= 15 is 0 Å². The maximum Gasteiger partial charge on any atom is 0.0615 e. The van der Waals surface area contributed by atoms with E-state index in [9.17, 15) is 0 Å². The van der Waals surface area contributed by atoms with Gasteiger partial charge in [0.25, 0.3) is 0 Å². The molecule has 1 saturated carbocycles. The van der Waals surface area contributed by atoms with Crippen molar-refractivity contribution in [3.8, 4) is 0 Å². The number of rotatable bonds is 8. The average molecular weight is 200 g/mol. The standard InChI is InChI=1S/C11H24N2O/c1-10(9-14-3)13(2)7-6-12-8-11-4-5-11/h10-12H,4-9H2,1-3H3. The molecular formula is C11H24N2O. The zero-order valence-corrected chi connectivity index (χ0v) is 9.75. The van der Waals surface area contributed by atoms with E-state index in [4.69, 9.17) is 4.74 Å². The van der Waals surface area contributed by atoms with Gasteiger partial charge in [0.1, 0.15) is 0 Å². The summed E-state index contributed by atoms with van der Waals surface area (Å²) in [6.45, 7) is 6.44. The van der Waals surface area contributed by atoms with Crippen LogP contribution in [0.3, 0.4) is 0 Å². The molecule has 3 heteroatoms. The molecular weight excluding hydrogens is 176 g/mol. The molecule has 0 aromatic rings. The minimum atomic E-state index is 0.516. The highest BCUT2D eigenvalue weighted by atomic mass is 16.5. The third kappa shape index (κ3) is 4.94. The highest BCUT2D eigenvalue weighted by Gasteiger charge is 2.20. The van der Waals surface area contributed by atoms with E-state index in [2.05, 4.69) is 24.2 Å². The third-order valence-electron chi connectivity index (χ3n) is 2.93. The van der Waals surface area contributed by atoms with Crippen LogP contribution in [0.5, 0.6) is 0 Å². The molecule has 3 nitrogen and oxygen atoms in total. The largest absolute Gasteiger partial charge is 0.383 e. The van der Waals surface area contributed by atoms with Gasteiger partial charge in [-0.25, -0.2) is 0 Å². The van der Waals surface area contributed by atoms with Crippen molar-refractivity contribution in [2.75, 3.05) is 40.4 Å². The van der Waals surface area contributed by atoms with E-state index in [0.29, 0.717) is 6.04 Å². The number of methoxy groups -OCH3 is 1. The van der Waals surface area contributed by atoms with E-state index in [1.807, 2.05) is 0 Å². The second-order valence-corrected chi connectivity index (χ2v) is 4.43. The van der Waals surface area contributed by atoms with Gasteiger partial charge in [-0.05, 0) is 39.3 Å². The van der Waals surface area contributed by atoms with Crippen molar-refractivity contribution in [2.45, 2.75) is 25.8 Å². The second kappa shape index (κ2) is 6.38. The van der Waals surface area contributed by atoms with Gasteiger partial charge in [0.15, 0.2) is 0 Å². The van der Waals surface area contributed by atoms with Gasteiger partial charge >= 0.3 is 0 Å². The molecule has 0 aromatic heterocycles. The van der Waals surface area contributed by atoms with Gasteiger partial charge in [0, 0.05) is 26.2 Å². The highest BCUT2D eigenvalue weighted by Crippen LogP contribution is 2.27. The Bertz CT molecular complexity index is 148. The van der Waals surface area contributed by atoms with Crippen LogP contribution in [0.2, 0.25) is 0 Å². The Balaban J connectivity index is 1.92. The minimum Gasteiger partial charge on any atom is -0.383 e. The maximum atomic E-state index is 5.12. The average Bonchev–Trinajstić information content (AvgIpc) is 2.96. The Morgan fingerprint density at radius 3 is 2.79 bits per heavy atom. The molecule has 0 bridgehead atoms. The third-order valence-corrected chi connectivity index (χ3v) is 2.93. The normalized spacial score (nSPS) is 18.9. The fourth-order valence-electron chi connectivity index (χ4n) is 1.47. The molecule has 14 heavy (non-hydrogen) atoms. The van der Waals surface area contributed by atoms with Crippen LogP contribution < -0.4 is 5.32 Å². The first-order chi connectivity index (χ1) is 6.74. The summed E-state index contributed by atoms with van der Waals surface area (Å²) in [6, 6.07) is 0.516. The van der Waals surface area contributed by atoms with Crippen molar-refractivity contribution in [3.63, 3.8) is 0 Å². The molecule has 0 heterocycles. The Hall–Kier alpha value is -0.120. The number of nitrogens with zero attached hydrogens (tertiary/aromatic N) is 1. The number of nitrogens with one attached hydrogen (secondary N) is 1. The van der Waals surface area contributed by atoms with Crippen LogP contribution in [0.1, 0.15) is 19.8 Å². The Kier molecular flexibility index (Phi) is 5.45. The molecule has 0 amide bonds. The summed E-state index contributed by atoms with van der Waals surface area (Å²) in [6.07, 6.45) is 2.87. The summed E-state index contributed by atoms with van der Waals surface area (Å²) < 4.78 is 5.12. The topological polar surface area (TPSA) is 24.5 Å².